The Labute approximate surface area is 557 Å². The fraction of sp³-hybridized carbons (Fsp3) is 0.904. The van der Waals surface area contributed by atoms with E-state index in [0.717, 1.165) is 44.9 Å². The van der Waals surface area contributed by atoms with Gasteiger partial charge in [-0.25, -0.2) is 0 Å². The average molecular weight is 1250 g/mol. The predicted molar refractivity (Wildman–Crippen MR) is 393 cm³/mol. The Morgan fingerprint density at radius 2 is 0.528 bits per heavy atom. The number of aliphatic hydroxyl groups is 2. The summed E-state index contributed by atoms with van der Waals surface area (Å²) in [4.78, 5) is 24.7. The van der Waals surface area contributed by atoms with Gasteiger partial charge in [0.05, 0.1) is 25.4 Å². The SMILES string of the molecule is CCCCCCCCC/C=C\CCCCCCCCCC(=O)OCCCCCCCCCCCCCC/C=C\CCCCCCCCCCCCCCCCCCC(=O)NC(CO)C(O)/C=C/CCCCCCCCCCCCCCCCCCCCCC. The Hall–Kier alpha value is -1.92. The molecule has 0 aliphatic rings. The van der Waals surface area contributed by atoms with Crippen molar-refractivity contribution in [1.82, 2.24) is 5.32 Å². The molecule has 0 aromatic heterocycles. The van der Waals surface area contributed by atoms with Crippen LogP contribution in [-0.4, -0.2) is 47.4 Å². The number of esters is 1. The van der Waals surface area contributed by atoms with Gasteiger partial charge in [-0.3, -0.25) is 9.59 Å². The molecule has 526 valence electrons. The Balaban J connectivity index is 3.37. The van der Waals surface area contributed by atoms with Gasteiger partial charge in [-0.2, -0.15) is 0 Å². The number of hydrogen-bond acceptors (Lipinski definition) is 5. The van der Waals surface area contributed by atoms with Gasteiger partial charge in [-0.15, -0.1) is 0 Å². The number of rotatable bonds is 77. The number of carbonyl (C=O) groups excluding carboxylic acids is 2. The van der Waals surface area contributed by atoms with E-state index in [1.165, 1.54) is 385 Å². The molecule has 89 heavy (non-hydrogen) atoms. The van der Waals surface area contributed by atoms with Crippen LogP contribution < -0.4 is 5.32 Å². The zero-order valence-corrected chi connectivity index (χ0v) is 60.4. The van der Waals surface area contributed by atoms with E-state index in [1.54, 1.807) is 6.08 Å². The van der Waals surface area contributed by atoms with Crippen molar-refractivity contribution in [2.75, 3.05) is 13.2 Å². The topological polar surface area (TPSA) is 95.9 Å². The maximum Gasteiger partial charge on any atom is 0.305 e. The van der Waals surface area contributed by atoms with Crippen LogP contribution in [0.5, 0.6) is 0 Å². The van der Waals surface area contributed by atoms with Crippen molar-refractivity contribution >= 4 is 11.9 Å². The highest BCUT2D eigenvalue weighted by atomic mass is 16.5. The highest BCUT2D eigenvalue weighted by molar-refractivity contribution is 5.76. The molecule has 6 heteroatoms. The lowest BCUT2D eigenvalue weighted by molar-refractivity contribution is -0.143. The molecule has 0 bridgehead atoms. The molecular formula is C83H159NO5. The summed E-state index contributed by atoms with van der Waals surface area (Å²) in [6.07, 6.45) is 103. The second kappa shape index (κ2) is 78.5. The number of allylic oxidation sites excluding steroid dienone is 5. The quantitative estimate of drug-likeness (QED) is 0.0320. The standard InChI is InChI=1S/C83H159NO5/c1-3-5-7-9-11-13-15-17-19-21-23-24-37-40-43-47-51-55-59-63-67-71-75-81(86)80(79-85)84-82(87)76-72-68-64-60-56-52-48-44-41-38-35-33-31-29-27-25-26-28-30-32-34-36-39-42-46-50-54-58-62-66-70-74-78-89-83(88)77-73-69-65-61-57-53-49-45-22-20-18-16-14-12-10-8-6-4-2/h20,22,28,30,71,75,80-81,85-86H,3-19,21,23-27,29,31-70,72-74,76-79H2,1-2H3,(H,84,87)/b22-20-,30-28-,75-71+. The Kier molecular flexibility index (Phi) is 76.8. The third-order valence-electron chi connectivity index (χ3n) is 19.1. The zero-order chi connectivity index (χ0) is 64.2. The second-order valence-corrected chi connectivity index (χ2v) is 28.1. The average Bonchev–Trinajstić information content (AvgIpc) is 3.54. The third-order valence-corrected chi connectivity index (χ3v) is 19.1. The molecule has 0 fully saturated rings. The summed E-state index contributed by atoms with van der Waals surface area (Å²) in [6, 6.07) is -0.627. The maximum absolute atomic E-state index is 12.5. The molecule has 2 atom stereocenters. The molecule has 6 nitrogen and oxygen atoms in total. The molecule has 2 unspecified atom stereocenters. The minimum atomic E-state index is -0.844. The number of nitrogens with one attached hydrogen (secondary N) is 1. The van der Waals surface area contributed by atoms with E-state index < -0.39 is 12.1 Å². The minimum absolute atomic E-state index is 0.0159. The second-order valence-electron chi connectivity index (χ2n) is 28.1. The van der Waals surface area contributed by atoms with Crippen molar-refractivity contribution in [3.63, 3.8) is 0 Å². The van der Waals surface area contributed by atoms with Gasteiger partial charge in [0.25, 0.3) is 0 Å². The molecule has 1 amide bonds. The summed E-state index contributed by atoms with van der Waals surface area (Å²) in [5, 5.41) is 23.3. The van der Waals surface area contributed by atoms with E-state index in [2.05, 4.69) is 43.5 Å². The van der Waals surface area contributed by atoms with E-state index in [9.17, 15) is 19.8 Å². The van der Waals surface area contributed by atoms with Gasteiger partial charge < -0.3 is 20.3 Å². The lowest BCUT2D eigenvalue weighted by Crippen LogP contribution is -2.45. The van der Waals surface area contributed by atoms with E-state index >= 15 is 0 Å². The van der Waals surface area contributed by atoms with Crippen LogP contribution in [0.25, 0.3) is 0 Å². The molecule has 0 heterocycles. The monoisotopic (exact) mass is 1250 g/mol. The Morgan fingerprint density at radius 1 is 0.303 bits per heavy atom. The third kappa shape index (κ3) is 75.0. The molecule has 0 radical (unpaired) electrons. The van der Waals surface area contributed by atoms with Gasteiger partial charge in [0.1, 0.15) is 0 Å². The molecule has 0 saturated heterocycles. The zero-order valence-electron chi connectivity index (χ0n) is 60.4. The normalized spacial score (nSPS) is 12.6. The van der Waals surface area contributed by atoms with Gasteiger partial charge >= 0.3 is 5.97 Å². The highest BCUT2D eigenvalue weighted by Crippen LogP contribution is 2.20. The summed E-state index contributed by atoms with van der Waals surface area (Å²) in [5.74, 6) is -0.0447. The number of unbranched alkanes of at least 4 members (excludes halogenated alkanes) is 62. The van der Waals surface area contributed by atoms with E-state index in [-0.39, 0.29) is 18.5 Å². The van der Waals surface area contributed by atoms with Crippen LogP contribution in [0.1, 0.15) is 457 Å². The van der Waals surface area contributed by atoms with Gasteiger partial charge in [0, 0.05) is 12.8 Å². The van der Waals surface area contributed by atoms with Crippen molar-refractivity contribution in [2.45, 2.75) is 469 Å². The van der Waals surface area contributed by atoms with Crippen LogP contribution >= 0.6 is 0 Å². The molecule has 0 aromatic rings. The van der Waals surface area contributed by atoms with Crippen LogP contribution in [0.15, 0.2) is 36.5 Å². The van der Waals surface area contributed by atoms with Crippen molar-refractivity contribution in [3.8, 4) is 0 Å². The number of ether oxygens (including phenoxy) is 1. The molecule has 0 aliphatic carbocycles. The first kappa shape index (κ1) is 87.1. The Morgan fingerprint density at radius 3 is 0.798 bits per heavy atom. The number of carbonyl (C=O) groups is 2. The van der Waals surface area contributed by atoms with E-state index in [1.807, 2.05) is 6.08 Å². The van der Waals surface area contributed by atoms with Gasteiger partial charge in [-0.1, -0.05) is 397 Å². The molecule has 0 saturated carbocycles. The van der Waals surface area contributed by atoms with Crippen molar-refractivity contribution in [2.24, 2.45) is 0 Å². The first-order valence-corrected chi connectivity index (χ1v) is 40.8. The first-order valence-electron chi connectivity index (χ1n) is 40.8. The molecule has 0 spiro atoms. The van der Waals surface area contributed by atoms with E-state index in [0.29, 0.717) is 19.4 Å². The van der Waals surface area contributed by atoms with Crippen LogP contribution in [0.3, 0.4) is 0 Å². The molecule has 0 aliphatic heterocycles. The van der Waals surface area contributed by atoms with Gasteiger partial charge in [-0.05, 0) is 83.5 Å². The summed E-state index contributed by atoms with van der Waals surface area (Å²) in [5.41, 5.74) is 0. The molecule has 0 rings (SSSR count). The molecule has 3 N–H and O–H groups in total. The molecule has 0 aromatic carbocycles. The first-order chi connectivity index (χ1) is 44.0. The number of amides is 1. The largest absolute Gasteiger partial charge is 0.466 e. The van der Waals surface area contributed by atoms with Gasteiger partial charge in [0.15, 0.2) is 0 Å². The number of aliphatic hydroxyl groups excluding tert-OH is 2. The molecular weight excluding hydrogens is 1090 g/mol. The number of hydrogen-bond donors (Lipinski definition) is 3. The summed E-state index contributed by atoms with van der Waals surface area (Å²) in [6.45, 7) is 4.95. The van der Waals surface area contributed by atoms with Crippen molar-refractivity contribution < 1.29 is 24.5 Å². The minimum Gasteiger partial charge on any atom is -0.466 e. The fourth-order valence-corrected chi connectivity index (χ4v) is 12.9. The summed E-state index contributed by atoms with van der Waals surface area (Å²) in [7, 11) is 0. The predicted octanol–water partition coefficient (Wildman–Crippen LogP) is 27.0. The van der Waals surface area contributed by atoms with Crippen LogP contribution in [-0.2, 0) is 14.3 Å². The lowest BCUT2D eigenvalue weighted by atomic mass is 10.0. The lowest BCUT2D eigenvalue weighted by Gasteiger charge is -2.20. The smallest absolute Gasteiger partial charge is 0.305 e. The van der Waals surface area contributed by atoms with E-state index in [4.69, 9.17) is 4.74 Å². The van der Waals surface area contributed by atoms with Crippen molar-refractivity contribution in [3.05, 3.63) is 36.5 Å². The maximum atomic E-state index is 12.5. The van der Waals surface area contributed by atoms with Crippen LogP contribution in [0, 0.1) is 0 Å². The summed E-state index contributed by atoms with van der Waals surface area (Å²) >= 11 is 0. The van der Waals surface area contributed by atoms with Crippen molar-refractivity contribution in [1.29, 1.82) is 0 Å². The fourth-order valence-electron chi connectivity index (χ4n) is 12.9. The Bertz CT molecular complexity index is 1440. The van der Waals surface area contributed by atoms with Crippen LogP contribution in [0.4, 0.5) is 0 Å². The summed E-state index contributed by atoms with van der Waals surface area (Å²) < 4.78 is 5.51. The van der Waals surface area contributed by atoms with Gasteiger partial charge in [0.2, 0.25) is 5.91 Å². The van der Waals surface area contributed by atoms with Crippen LogP contribution in [0.2, 0.25) is 0 Å². The highest BCUT2D eigenvalue weighted by Gasteiger charge is 2.18.